The number of benzene rings is 1. The molecule has 2 amide bonds. The van der Waals surface area contributed by atoms with E-state index in [1.807, 2.05) is 24.3 Å². The highest BCUT2D eigenvalue weighted by Crippen LogP contribution is 2.48. The number of carbonyl (C=O) groups is 2. The highest BCUT2D eigenvalue weighted by Gasteiger charge is 2.44. The van der Waals surface area contributed by atoms with E-state index in [1.165, 1.54) is 44.9 Å². The van der Waals surface area contributed by atoms with Crippen LogP contribution in [0.4, 0.5) is 0 Å². The summed E-state index contributed by atoms with van der Waals surface area (Å²) in [6.45, 7) is 9.58. The molecular formula is C32H51ClN4O2. The van der Waals surface area contributed by atoms with Crippen molar-refractivity contribution in [3.05, 3.63) is 34.9 Å². The van der Waals surface area contributed by atoms with E-state index in [4.69, 9.17) is 11.6 Å². The van der Waals surface area contributed by atoms with Crippen molar-refractivity contribution in [2.24, 2.45) is 11.3 Å². The smallest absolute Gasteiger partial charge is 0.240 e. The first kappa shape index (κ1) is 30.3. The summed E-state index contributed by atoms with van der Waals surface area (Å²) < 4.78 is 0. The Balaban J connectivity index is 1.45. The van der Waals surface area contributed by atoms with Crippen LogP contribution in [0.25, 0.3) is 0 Å². The van der Waals surface area contributed by atoms with Crippen LogP contribution in [0.1, 0.15) is 90.5 Å². The SMILES string of the molecule is CN1CCC[C@@H]1CN[C@H](Cc1ccc(Cl)cc1)C(=O)N1CCC(CC(=O)NC(C)(C)C)(C2CCCCC2)CC1. The molecule has 2 heterocycles. The van der Waals surface area contributed by atoms with E-state index in [0.29, 0.717) is 29.8 Å². The first-order chi connectivity index (χ1) is 18.5. The monoisotopic (exact) mass is 558 g/mol. The number of hydrogen-bond acceptors (Lipinski definition) is 4. The van der Waals surface area contributed by atoms with Gasteiger partial charge < -0.3 is 20.4 Å². The predicted octanol–water partition coefficient (Wildman–Crippen LogP) is 5.43. The number of halogens is 1. The van der Waals surface area contributed by atoms with E-state index in [9.17, 15) is 9.59 Å². The Morgan fingerprint density at radius 1 is 1.00 bits per heavy atom. The van der Waals surface area contributed by atoms with Gasteiger partial charge in [0.2, 0.25) is 11.8 Å². The Bertz CT molecular complexity index is 946. The number of rotatable bonds is 9. The molecule has 6 nitrogen and oxygen atoms in total. The summed E-state index contributed by atoms with van der Waals surface area (Å²) in [5.74, 6) is 0.938. The lowest BCUT2D eigenvalue weighted by atomic mass is 9.62. The standard InChI is InChI=1S/C32H51ClN4O2/c1-31(2,3)35-29(38)22-32(25-9-6-5-7-10-25)16-19-37(20-17-32)30(39)28(21-24-12-14-26(33)15-13-24)34-23-27-11-8-18-36(27)4/h12-15,25,27-28,34H,5-11,16-23H2,1-4H3,(H,35,38)/t27-,28-/m1/s1. The first-order valence-electron chi connectivity index (χ1n) is 15.3. The molecule has 218 valence electrons. The number of carbonyl (C=O) groups excluding carboxylic acids is 2. The molecule has 1 aromatic rings. The molecule has 7 heteroatoms. The molecule has 4 rings (SSSR count). The van der Waals surface area contributed by atoms with Gasteiger partial charge in [-0.1, -0.05) is 43.0 Å². The Hall–Kier alpha value is -1.63. The minimum atomic E-state index is -0.258. The van der Waals surface area contributed by atoms with Crippen molar-refractivity contribution in [3.8, 4) is 0 Å². The van der Waals surface area contributed by atoms with Crippen molar-refractivity contribution < 1.29 is 9.59 Å². The lowest BCUT2D eigenvalue weighted by molar-refractivity contribution is -0.138. The molecule has 1 aliphatic carbocycles. The zero-order valence-electron chi connectivity index (χ0n) is 24.7. The van der Waals surface area contributed by atoms with E-state index in [0.717, 1.165) is 44.6 Å². The van der Waals surface area contributed by atoms with Crippen molar-refractivity contribution in [2.45, 2.75) is 109 Å². The molecule has 2 atom stereocenters. The number of amides is 2. The molecule has 1 aromatic carbocycles. The van der Waals surface area contributed by atoms with Crippen molar-refractivity contribution >= 4 is 23.4 Å². The minimum absolute atomic E-state index is 0.00179. The normalized spacial score (nSPS) is 23.5. The number of likely N-dealkylation sites (tertiary alicyclic amines) is 2. The lowest BCUT2D eigenvalue weighted by Gasteiger charge is -2.48. The van der Waals surface area contributed by atoms with Gasteiger partial charge in [-0.2, -0.15) is 0 Å². The van der Waals surface area contributed by atoms with Crippen LogP contribution in [0.2, 0.25) is 5.02 Å². The van der Waals surface area contributed by atoms with Crippen LogP contribution in [0, 0.1) is 11.3 Å². The maximum absolute atomic E-state index is 14.0. The summed E-state index contributed by atoms with van der Waals surface area (Å²) in [5, 5.41) is 7.60. The Labute approximate surface area is 241 Å². The highest BCUT2D eigenvalue weighted by atomic mass is 35.5. The van der Waals surface area contributed by atoms with E-state index in [2.05, 4.69) is 48.3 Å². The molecule has 0 radical (unpaired) electrons. The number of nitrogens with one attached hydrogen (secondary N) is 2. The summed E-state index contributed by atoms with van der Waals surface area (Å²) in [4.78, 5) is 31.6. The third kappa shape index (κ3) is 8.43. The van der Waals surface area contributed by atoms with Crippen molar-refractivity contribution in [1.82, 2.24) is 20.4 Å². The first-order valence-corrected chi connectivity index (χ1v) is 15.7. The molecule has 3 aliphatic rings. The van der Waals surface area contributed by atoms with Crippen LogP contribution in [0.5, 0.6) is 0 Å². The largest absolute Gasteiger partial charge is 0.351 e. The van der Waals surface area contributed by atoms with Gasteiger partial charge in [0.1, 0.15) is 0 Å². The fourth-order valence-corrected chi connectivity index (χ4v) is 7.36. The fourth-order valence-electron chi connectivity index (χ4n) is 7.24. The average molecular weight is 559 g/mol. The van der Waals surface area contributed by atoms with Gasteiger partial charge in [0.05, 0.1) is 6.04 Å². The summed E-state index contributed by atoms with van der Waals surface area (Å²) in [6, 6.07) is 8.10. The van der Waals surface area contributed by atoms with Gasteiger partial charge in [0.25, 0.3) is 0 Å². The van der Waals surface area contributed by atoms with E-state index in [-0.39, 0.29) is 28.8 Å². The molecule has 0 aromatic heterocycles. The Morgan fingerprint density at radius 2 is 1.67 bits per heavy atom. The van der Waals surface area contributed by atoms with Crippen LogP contribution in [-0.4, -0.2) is 72.5 Å². The Kier molecular flexibility index (Phi) is 10.4. The molecule has 0 unspecified atom stereocenters. The Morgan fingerprint density at radius 3 is 2.26 bits per heavy atom. The maximum Gasteiger partial charge on any atom is 0.240 e. The van der Waals surface area contributed by atoms with Crippen LogP contribution >= 0.6 is 11.6 Å². The number of hydrogen-bond donors (Lipinski definition) is 2. The van der Waals surface area contributed by atoms with Gasteiger partial charge in [-0.25, -0.2) is 0 Å². The quantitative estimate of drug-likeness (QED) is 0.424. The molecule has 2 N–H and O–H groups in total. The summed E-state index contributed by atoms with van der Waals surface area (Å²) in [5.41, 5.74) is 0.894. The van der Waals surface area contributed by atoms with E-state index >= 15 is 0 Å². The molecule has 3 fully saturated rings. The summed E-state index contributed by atoms with van der Waals surface area (Å²) >= 11 is 6.13. The van der Waals surface area contributed by atoms with Gasteiger partial charge in [-0.3, -0.25) is 9.59 Å². The van der Waals surface area contributed by atoms with Crippen LogP contribution in [0.15, 0.2) is 24.3 Å². The third-order valence-electron chi connectivity index (χ3n) is 9.49. The number of likely N-dealkylation sites (N-methyl/N-ethyl adjacent to an activating group) is 1. The molecule has 1 saturated carbocycles. The third-order valence-corrected chi connectivity index (χ3v) is 9.74. The zero-order chi connectivity index (χ0) is 28.0. The second kappa shape index (κ2) is 13.4. The van der Waals surface area contributed by atoms with Gasteiger partial charge in [-0.05, 0) is 108 Å². The molecular weight excluding hydrogens is 508 g/mol. The van der Waals surface area contributed by atoms with Crippen molar-refractivity contribution in [1.29, 1.82) is 0 Å². The van der Waals surface area contributed by atoms with Crippen molar-refractivity contribution in [2.75, 3.05) is 33.2 Å². The summed E-state index contributed by atoms with van der Waals surface area (Å²) in [7, 11) is 2.18. The predicted molar refractivity (Wildman–Crippen MR) is 160 cm³/mol. The molecule has 0 bridgehead atoms. The van der Waals surface area contributed by atoms with Gasteiger partial charge in [0, 0.05) is 42.7 Å². The zero-order valence-corrected chi connectivity index (χ0v) is 25.5. The lowest BCUT2D eigenvalue weighted by Crippen LogP contribution is -2.55. The molecule has 2 saturated heterocycles. The van der Waals surface area contributed by atoms with Gasteiger partial charge >= 0.3 is 0 Å². The fraction of sp³-hybridized carbons (Fsp3) is 0.750. The second-order valence-electron chi connectivity index (χ2n) is 13.6. The van der Waals surface area contributed by atoms with E-state index < -0.39 is 0 Å². The minimum Gasteiger partial charge on any atom is -0.351 e. The highest BCUT2D eigenvalue weighted by molar-refractivity contribution is 6.30. The molecule has 2 aliphatic heterocycles. The van der Waals surface area contributed by atoms with Crippen LogP contribution in [-0.2, 0) is 16.0 Å². The van der Waals surface area contributed by atoms with Gasteiger partial charge in [0.15, 0.2) is 0 Å². The second-order valence-corrected chi connectivity index (χ2v) is 14.0. The van der Waals surface area contributed by atoms with Gasteiger partial charge in [-0.15, -0.1) is 0 Å². The molecule has 39 heavy (non-hydrogen) atoms. The average Bonchev–Trinajstić information content (AvgIpc) is 3.31. The number of piperidine rings is 1. The summed E-state index contributed by atoms with van der Waals surface area (Å²) in [6.07, 6.45) is 11.7. The van der Waals surface area contributed by atoms with E-state index in [1.54, 1.807) is 0 Å². The van der Waals surface area contributed by atoms with Crippen molar-refractivity contribution in [3.63, 3.8) is 0 Å². The van der Waals surface area contributed by atoms with Crippen LogP contribution in [0.3, 0.4) is 0 Å². The topological polar surface area (TPSA) is 64.7 Å². The molecule has 0 spiro atoms. The van der Waals surface area contributed by atoms with Crippen LogP contribution < -0.4 is 10.6 Å². The maximum atomic E-state index is 14.0. The number of nitrogens with zero attached hydrogens (tertiary/aromatic N) is 2.